The van der Waals surface area contributed by atoms with Gasteiger partial charge in [0.1, 0.15) is 0 Å². The molecule has 0 aromatic rings. The molecule has 0 aromatic carbocycles. The SMILES string of the molecule is COP(=O)(OC)C1CC2CCC1C2. The first-order chi connectivity index (χ1) is 6.19. The first kappa shape index (κ1) is 9.70. The van der Waals surface area contributed by atoms with E-state index in [-0.39, 0.29) is 5.66 Å². The van der Waals surface area contributed by atoms with Gasteiger partial charge in [0.15, 0.2) is 0 Å². The van der Waals surface area contributed by atoms with E-state index in [9.17, 15) is 4.57 Å². The molecule has 2 aliphatic carbocycles. The average Bonchev–Trinajstić information content (AvgIpc) is 2.77. The molecule has 13 heavy (non-hydrogen) atoms. The fraction of sp³-hybridized carbons (Fsp3) is 1.00. The molecule has 3 atom stereocenters. The van der Waals surface area contributed by atoms with Crippen molar-refractivity contribution in [3.8, 4) is 0 Å². The first-order valence-corrected chi connectivity index (χ1v) is 6.52. The Kier molecular flexibility index (Phi) is 2.52. The Bertz CT molecular complexity index is 233. The Morgan fingerprint density at radius 1 is 1.15 bits per heavy atom. The van der Waals surface area contributed by atoms with Crippen LogP contribution in [0.15, 0.2) is 0 Å². The molecule has 2 rings (SSSR count). The van der Waals surface area contributed by atoms with E-state index in [2.05, 4.69) is 0 Å². The lowest BCUT2D eigenvalue weighted by Gasteiger charge is -2.27. The summed E-state index contributed by atoms with van der Waals surface area (Å²) in [5.74, 6) is 1.38. The van der Waals surface area contributed by atoms with Crippen LogP contribution in [0, 0.1) is 11.8 Å². The molecule has 0 aromatic heterocycles. The highest BCUT2D eigenvalue weighted by Crippen LogP contribution is 2.63. The second kappa shape index (κ2) is 3.38. The van der Waals surface area contributed by atoms with Crippen molar-refractivity contribution in [2.45, 2.75) is 31.3 Å². The maximum Gasteiger partial charge on any atom is 0.333 e. The van der Waals surface area contributed by atoms with E-state index in [1.165, 1.54) is 33.5 Å². The van der Waals surface area contributed by atoms with Gasteiger partial charge in [-0.3, -0.25) is 4.57 Å². The molecule has 3 nitrogen and oxygen atoms in total. The van der Waals surface area contributed by atoms with Crippen molar-refractivity contribution in [2.24, 2.45) is 11.8 Å². The van der Waals surface area contributed by atoms with Gasteiger partial charge in [-0.1, -0.05) is 6.42 Å². The average molecular weight is 204 g/mol. The van der Waals surface area contributed by atoms with Crippen molar-refractivity contribution in [2.75, 3.05) is 14.2 Å². The summed E-state index contributed by atoms with van der Waals surface area (Å²) in [6, 6.07) is 0. The van der Waals surface area contributed by atoms with Crippen molar-refractivity contribution < 1.29 is 13.6 Å². The zero-order valence-corrected chi connectivity index (χ0v) is 9.13. The monoisotopic (exact) mass is 204 g/mol. The molecule has 2 bridgehead atoms. The maximum absolute atomic E-state index is 12.1. The summed E-state index contributed by atoms with van der Waals surface area (Å²) < 4.78 is 22.2. The van der Waals surface area contributed by atoms with E-state index in [0.717, 1.165) is 12.3 Å². The van der Waals surface area contributed by atoms with E-state index in [0.29, 0.717) is 5.92 Å². The largest absolute Gasteiger partial charge is 0.333 e. The van der Waals surface area contributed by atoms with E-state index in [1.54, 1.807) is 0 Å². The predicted octanol–water partition coefficient (Wildman–Crippen LogP) is 2.66. The molecule has 0 saturated heterocycles. The van der Waals surface area contributed by atoms with Crippen LogP contribution in [-0.2, 0) is 13.6 Å². The summed E-state index contributed by atoms with van der Waals surface area (Å²) in [5, 5.41) is 0. The second-order valence-electron chi connectivity index (χ2n) is 4.15. The van der Waals surface area contributed by atoms with Gasteiger partial charge in [0.2, 0.25) is 0 Å². The van der Waals surface area contributed by atoms with Crippen LogP contribution >= 0.6 is 7.60 Å². The van der Waals surface area contributed by atoms with E-state index < -0.39 is 7.60 Å². The van der Waals surface area contributed by atoms with Crippen LogP contribution in [0.3, 0.4) is 0 Å². The minimum Gasteiger partial charge on any atom is -0.312 e. The molecule has 4 heteroatoms. The molecule has 2 saturated carbocycles. The molecule has 0 amide bonds. The fourth-order valence-corrected chi connectivity index (χ4v) is 4.98. The molecule has 0 N–H and O–H groups in total. The zero-order chi connectivity index (χ0) is 9.47. The van der Waals surface area contributed by atoms with Crippen LogP contribution in [0.4, 0.5) is 0 Å². The van der Waals surface area contributed by atoms with Crippen LogP contribution in [0.25, 0.3) is 0 Å². The van der Waals surface area contributed by atoms with Crippen LogP contribution in [0.5, 0.6) is 0 Å². The molecule has 0 heterocycles. The van der Waals surface area contributed by atoms with Gasteiger partial charge in [-0.2, -0.15) is 0 Å². The molecular weight excluding hydrogens is 187 g/mol. The third kappa shape index (κ3) is 1.47. The summed E-state index contributed by atoms with van der Waals surface area (Å²) in [6.07, 6.45) is 4.81. The van der Waals surface area contributed by atoms with Gasteiger partial charge >= 0.3 is 7.60 Å². The molecule has 2 aliphatic rings. The third-order valence-corrected chi connectivity index (χ3v) is 6.08. The number of rotatable bonds is 3. The number of hydrogen-bond donors (Lipinski definition) is 0. The second-order valence-corrected chi connectivity index (χ2v) is 6.62. The third-order valence-electron chi connectivity index (χ3n) is 3.62. The van der Waals surface area contributed by atoms with E-state index >= 15 is 0 Å². The Morgan fingerprint density at radius 2 is 1.85 bits per heavy atom. The summed E-state index contributed by atoms with van der Waals surface area (Å²) in [5.41, 5.74) is 0.182. The quantitative estimate of drug-likeness (QED) is 0.663. The standard InChI is InChI=1S/C9H17O3P/c1-11-13(10,12-2)9-6-7-3-4-8(9)5-7/h7-9H,3-6H2,1-2H3. The Morgan fingerprint density at radius 3 is 2.23 bits per heavy atom. The van der Waals surface area contributed by atoms with Gasteiger partial charge in [-0.05, 0) is 31.1 Å². The highest BCUT2D eigenvalue weighted by molar-refractivity contribution is 7.54. The van der Waals surface area contributed by atoms with Crippen molar-refractivity contribution in [3.63, 3.8) is 0 Å². The molecule has 76 valence electrons. The highest BCUT2D eigenvalue weighted by Gasteiger charge is 2.49. The van der Waals surface area contributed by atoms with Gasteiger partial charge in [0.05, 0.1) is 5.66 Å². The van der Waals surface area contributed by atoms with Gasteiger partial charge in [0.25, 0.3) is 0 Å². The fourth-order valence-electron chi connectivity index (χ4n) is 2.94. The van der Waals surface area contributed by atoms with Crippen LogP contribution in [0.2, 0.25) is 0 Å². The first-order valence-electron chi connectivity index (χ1n) is 4.91. The summed E-state index contributed by atoms with van der Waals surface area (Å²) >= 11 is 0. The van der Waals surface area contributed by atoms with Gasteiger partial charge in [-0.15, -0.1) is 0 Å². The molecule has 0 radical (unpaired) electrons. The van der Waals surface area contributed by atoms with Gasteiger partial charge in [-0.25, -0.2) is 0 Å². The lowest BCUT2D eigenvalue weighted by molar-refractivity contribution is 0.252. The van der Waals surface area contributed by atoms with Crippen molar-refractivity contribution in [1.82, 2.24) is 0 Å². The van der Waals surface area contributed by atoms with E-state index in [1.807, 2.05) is 0 Å². The summed E-state index contributed by atoms with van der Waals surface area (Å²) in [6.45, 7) is 0. The molecule has 0 aliphatic heterocycles. The van der Waals surface area contributed by atoms with Crippen LogP contribution < -0.4 is 0 Å². The topological polar surface area (TPSA) is 35.5 Å². The minimum atomic E-state index is -2.77. The number of hydrogen-bond acceptors (Lipinski definition) is 3. The Balaban J connectivity index is 2.13. The molecule has 0 spiro atoms. The van der Waals surface area contributed by atoms with E-state index in [4.69, 9.17) is 9.05 Å². The number of fused-ring (bicyclic) bond motifs is 2. The minimum absolute atomic E-state index is 0.182. The van der Waals surface area contributed by atoms with Crippen molar-refractivity contribution >= 4 is 7.60 Å². The van der Waals surface area contributed by atoms with Crippen molar-refractivity contribution in [3.05, 3.63) is 0 Å². The summed E-state index contributed by atoms with van der Waals surface area (Å²) in [4.78, 5) is 0. The summed E-state index contributed by atoms with van der Waals surface area (Å²) in [7, 11) is 0.222. The van der Waals surface area contributed by atoms with Crippen molar-refractivity contribution in [1.29, 1.82) is 0 Å². The Hall–Kier alpha value is 0.150. The highest BCUT2D eigenvalue weighted by atomic mass is 31.2. The van der Waals surface area contributed by atoms with Gasteiger partial charge in [0, 0.05) is 14.2 Å². The van der Waals surface area contributed by atoms with Crippen LogP contribution in [0.1, 0.15) is 25.7 Å². The Labute approximate surface area is 79.3 Å². The predicted molar refractivity (Wildman–Crippen MR) is 50.9 cm³/mol. The molecular formula is C9H17O3P. The maximum atomic E-state index is 12.1. The lowest BCUT2D eigenvalue weighted by atomic mass is 10.0. The van der Waals surface area contributed by atoms with Crippen LogP contribution in [-0.4, -0.2) is 19.9 Å². The van der Waals surface area contributed by atoms with Gasteiger partial charge < -0.3 is 9.05 Å². The molecule has 3 unspecified atom stereocenters. The lowest BCUT2D eigenvalue weighted by Crippen LogP contribution is -2.18. The molecule has 2 fully saturated rings. The smallest absolute Gasteiger partial charge is 0.312 e. The normalized spacial score (nSPS) is 38.5. The zero-order valence-electron chi connectivity index (χ0n) is 8.23.